The number of hydrogen-bond donors (Lipinski definition) is 2. The zero-order chi connectivity index (χ0) is 21.7. The lowest BCUT2D eigenvalue weighted by Gasteiger charge is -2.26. The van der Waals surface area contributed by atoms with Crippen LogP contribution in [0.4, 0.5) is 11.5 Å². The summed E-state index contributed by atoms with van der Waals surface area (Å²) in [5, 5.41) is 0.355. The number of ether oxygens (including phenoxy) is 1. The Morgan fingerprint density at radius 3 is 2.62 bits per heavy atom. The molecule has 0 fully saturated rings. The maximum atomic E-state index is 13.4. The summed E-state index contributed by atoms with van der Waals surface area (Å²) in [7, 11) is 1.44. The van der Waals surface area contributed by atoms with Crippen molar-refractivity contribution in [2.45, 2.75) is 40.2 Å². The molecule has 0 aliphatic heterocycles. The van der Waals surface area contributed by atoms with Crippen LogP contribution < -0.4 is 26.6 Å². The number of methoxy groups -OCH3 is 1. The summed E-state index contributed by atoms with van der Waals surface area (Å²) >= 11 is 6.08. The smallest absolute Gasteiger partial charge is 0.330 e. The van der Waals surface area contributed by atoms with E-state index in [9.17, 15) is 14.4 Å². The minimum atomic E-state index is -0.713. The second kappa shape index (κ2) is 9.65. The number of amides is 1. The van der Waals surface area contributed by atoms with Crippen molar-refractivity contribution in [3.05, 3.63) is 49.6 Å². The quantitative estimate of drug-likeness (QED) is 0.679. The monoisotopic (exact) mass is 422 g/mol. The molecule has 2 aromatic rings. The number of nitrogens with two attached hydrogens (primary N) is 1. The Kier molecular flexibility index (Phi) is 7.50. The molecule has 0 bridgehead atoms. The van der Waals surface area contributed by atoms with E-state index in [0.29, 0.717) is 23.7 Å². The number of anilines is 2. The van der Waals surface area contributed by atoms with Crippen molar-refractivity contribution >= 4 is 29.0 Å². The molecule has 1 amide bonds. The van der Waals surface area contributed by atoms with Crippen LogP contribution in [0.2, 0.25) is 5.02 Å². The molecule has 3 N–H and O–H groups in total. The summed E-state index contributed by atoms with van der Waals surface area (Å²) in [6.45, 7) is 6.36. The lowest BCUT2D eigenvalue weighted by Crippen LogP contribution is -2.42. The summed E-state index contributed by atoms with van der Waals surface area (Å²) in [6, 6.07) is 4.67. The predicted octanol–water partition coefficient (Wildman–Crippen LogP) is 2.88. The van der Waals surface area contributed by atoms with E-state index in [1.807, 2.05) is 20.8 Å². The van der Waals surface area contributed by atoms with E-state index in [4.69, 9.17) is 22.1 Å². The third-order valence-electron chi connectivity index (χ3n) is 4.40. The summed E-state index contributed by atoms with van der Waals surface area (Å²) in [5.41, 5.74) is 5.05. The molecule has 1 heterocycles. The number of halogens is 1. The number of H-pyrrole nitrogens is 1. The molecule has 0 atom stereocenters. The second-order valence-electron chi connectivity index (χ2n) is 7.15. The number of nitrogens with zero attached hydrogens (tertiary/aromatic N) is 2. The fourth-order valence-electron chi connectivity index (χ4n) is 3.01. The molecule has 2 rings (SSSR count). The van der Waals surface area contributed by atoms with Crippen LogP contribution in [0.25, 0.3) is 0 Å². The molecule has 8 nitrogen and oxygen atoms in total. The lowest BCUT2D eigenvalue weighted by molar-refractivity contribution is 0.0980. The first-order valence-corrected chi connectivity index (χ1v) is 9.87. The van der Waals surface area contributed by atoms with E-state index >= 15 is 0 Å². The number of nitrogens with one attached hydrogen (secondary N) is 1. The number of carbonyl (C=O) groups excluding carboxylic acids is 1. The lowest BCUT2D eigenvalue weighted by atomic mass is 10.1. The first kappa shape index (κ1) is 22.5. The van der Waals surface area contributed by atoms with Crippen molar-refractivity contribution < 1.29 is 9.53 Å². The molecule has 0 saturated heterocycles. The van der Waals surface area contributed by atoms with Crippen LogP contribution in [-0.4, -0.2) is 29.1 Å². The first-order valence-electron chi connectivity index (χ1n) is 9.49. The van der Waals surface area contributed by atoms with Crippen molar-refractivity contribution in [2.75, 3.05) is 24.3 Å². The molecule has 0 aliphatic carbocycles. The number of aromatic amines is 1. The highest BCUT2D eigenvalue weighted by molar-refractivity contribution is 6.31. The largest absolute Gasteiger partial charge is 0.496 e. The Labute approximate surface area is 174 Å². The van der Waals surface area contributed by atoms with E-state index in [1.165, 1.54) is 22.6 Å². The van der Waals surface area contributed by atoms with Gasteiger partial charge in [-0.05, 0) is 30.5 Å². The number of nitrogen functional groups attached to an aromatic ring is 1. The SMILES string of the molecule is CCCCn1c(N)c(N(CC(C)C)C(=O)c2cc(Cl)ccc2OC)c(=O)[nH]c1=O. The van der Waals surface area contributed by atoms with Gasteiger partial charge in [0.2, 0.25) is 0 Å². The van der Waals surface area contributed by atoms with Gasteiger partial charge < -0.3 is 15.4 Å². The van der Waals surface area contributed by atoms with Gasteiger partial charge in [-0.25, -0.2) is 4.79 Å². The maximum absolute atomic E-state index is 13.4. The van der Waals surface area contributed by atoms with Crippen LogP contribution in [0.5, 0.6) is 5.75 Å². The van der Waals surface area contributed by atoms with Crippen molar-refractivity contribution in [1.29, 1.82) is 0 Å². The molecule has 9 heteroatoms. The fourth-order valence-corrected chi connectivity index (χ4v) is 3.18. The minimum absolute atomic E-state index is 0.0268. The van der Waals surface area contributed by atoms with Crippen LogP contribution in [0.15, 0.2) is 27.8 Å². The normalized spacial score (nSPS) is 11.0. The van der Waals surface area contributed by atoms with E-state index in [2.05, 4.69) is 4.98 Å². The van der Waals surface area contributed by atoms with Crippen LogP contribution in [0, 0.1) is 5.92 Å². The number of hydrogen-bond acceptors (Lipinski definition) is 5. The van der Waals surface area contributed by atoms with Crippen LogP contribution >= 0.6 is 11.6 Å². The molecule has 0 saturated carbocycles. The summed E-state index contributed by atoms with van der Waals surface area (Å²) in [5.74, 6) is -0.181. The van der Waals surface area contributed by atoms with E-state index < -0.39 is 17.2 Å². The van der Waals surface area contributed by atoms with Crippen molar-refractivity contribution in [1.82, 2.24) is 9.55 Å². The maximum Gasteiger partial charge on any atom is 0.330 e. The predicted molar refractivity (Wildman–Crippen MR) is 115 cm³/mol. The first-order chi connectivity index (χ1) is 13.7. The van der Waals surface area contributed by atoms with Gasteiger partial charge in [0, 0.05) is 18.1 Å². The van der Waals surface area contributed by atoms with Crippen molar-refractivity contribution in [3.8, 4) is 5.75 Å². The number of rotatable bonds is 8. The van der Waals surface area contributed by atoms with Gasteiger partial charge >= 0.3 is 5.69 Å². The van der Waals surface area contributed by atoms with Gasteiger partial charge in [0.25, 0.3) is 11.5 Å². The van der Waals surface area contributed by atoms with Crippen molar-refractivity contribution in [3.63, 3.8) is 0 Å². The molecule has 158 valence electrons. The third-order valence-corrected chi connectivity index (χ3v) is 4.64. The van der Waals surface area contributed by atoms with Crippen molar-refractivity contribution in [2.24, 2.45) is 5.92 Å². The molecule has 29 heavy (non-hydrogen) atoms. The number of benzene rings is 1. The molecule has 0 radical (unpaired) electrons. The molecular weight excluding hydrogens is 396 g/mol. The summed E-state index contributed by atoms with van der Waals surface area (Å²) in [4.78, 5) is 41.9. The highest BCUT2D eigenvalue weighted by Crippen LogP contribution is 2.27. The Hall–Kier alpha value is -2.74. The summed E-state index contributed by atoms with van der Waals surface area (Å²) in [6.07, 6.45) is 1.55. The molecule has 0 spiro atoms. The van der Waals surface area contributed by atoms with E-state index in [1.54, 1.807) is 12.1 Å². The Morgan fingerprint density at radius 2 is 2.03 bits per heavy atom. The highest BCUT2D eigenvalue weighted by atomic mass is 35.5. The molecule has 0 aliphatic rings. The zero-order valence-corrected chi connectivity index (χ0v) is 17.9. The third kappa shape index (κ3) is 5.00. The Balaban J connectivity index is 2.68. The average Bonchev–Trinajstić information content (AvgIpc) is 2.66. The second-order valence-corrected chi connectivity index (χ2v) is 7.59. The molecule has 0 unspecified atom stereocenters. The Morgan fingerprint density at radius 1 is 1.34 bits per heavy atom. The van der Waals surface area contributed by atoms with Gasteiger partial charge in [-0.3, -0.25) is 19.1 Å². The molecular formula is C20H27ClN4O4. The number of aromatic nitrogens is 2. The van der Waals surface area contributed by atoms with E-state index in [-0.39, 0.29) is 29.5 Å². The number of unbranched alkanes of at least 4 members (excludes halogenated alkanes) is 1. The molecule has 1 aromatic carbocycles. The van der Waals surface area contributed by atoms with E-state index in [0.717, 1.165) is 6.42 Å². The standard InChI is InChI=1S/C20H27ClN4O4/c1-5-6-9-24-17(22)16(18(26)23-20(24)28)25(11-12(2)3)19(27)14-10-13(21)7-8-15(14)29-4/h7-8,10,12H,5-6,9,11,22H2,1-4H3,(H,23,26,28). The molecule has 1 aromatic heterocycles. The van der Waals surface area contributed by atoms with Gasteiger partial charge in [-0.1, -0.05) is 38.8 Å². The average molecular weight is 423 g/mol. The highest BCUT2D eigenvalue weighted by Gasteiger charge is 2.28. The van der Waals surface area contributed by atoms with Gasteiger partial charge in [0.15, 0.2) is 5.69 Å². The van der Waals surface area contributed by atoms with Gasteiger partial charge in [0.1, 0.15) is 11.6 Å². The minimum Gasteiger partial charge on any atom is -0.496 e. The van der Waals surface area contributed by atoms with Crippen LogP contribution in [-0.2, 0) is 6.54 Å². The van der Waals surface area contributed by atoms with Crippen LogP contribution in [0.3, 0.4) is 0 Å². The van der Waals surface area contributed by atoms with Gasteiger partial charge in [-0.15, -0.1) is 0 Å². The zero-order valence-electron chi connectivity index (χ0n) is 17.1. The van der Waals surface area contributed by atoms with Crippen LogP contribution in [0.1, 0.15) is 44.0 Å². The van der Waals surface area contributed by atoms with Gasteiger partial charge in [0.05, 0.1) is 12.7 Å². The Bertz CT molecular complexity index is 997. The van der Waals surface area contributed by atoms with Gasteiger partial charge in [-0.2, -0.15) is 0 Å². The summed E-state index contributed by atoms with van der Waals surface area (Å²) < 4.78 is 6.58. The topological polar surface area (TPSA) is 110 Å². The fraction of sp³-hybridized carbons (Fsp3) is 0.450. The number of carbonyl (C=O) groups is 1.